The first-order valence-corrected chi connectivity index (χ1v) is 4.89. The smallest absolute Gasteiger partial charge is 0.252 e. The summed E-state index contributed by atoms with van der Waals surface area (Å²) in [4.78, 5) is 2.50. The molecule has 88 valence electrons. The molecule has 0 N–H and O–H groups in total. The molecule has 1 saturated heterocycles. The lowest BCUT2D eigenvalue weighted by Crippen LogP contribution is -2.20. The second-order valence-electron chi connectivity index (χ2n) is 3.65. The Kier molecular flexibility index (Phi) is 3.09. The molecule has 0 bridgehead atoms. The van der Waals surface area contributed by atoms with E-state index in [0.29, 0.717) is 19.4 Å². The minimum absolute atomic E-state index is 0.0662. The Labute approximate surface area is 89.2 Å². The molecule has 1 aromatic rings. The van der Waals surface area contributed by atoms with Crippen molar-refractivity contribution in [2.24, 2.45) is 0 Å². The highest BCUT2D eigenvalue weighted by Crippen LogP contribution is 2.30. The molecule has 0 amide bonds. The van der Waals surface area contributed by atoms with Crippen LogP contribution < -0.4 is 0 Å². The Morgan fingerprint density at radius 3 is 2.19 bits per heavy atom. The van der Waals surface area contributed by atoms with Crippen molar-refractivity contribution in [2.75, 3.05) is 13.2 Å². The van der Waals surface area contributed by atoms with Gasteiger partial charge in [-0.3, -0.25) is 0 Å². The fourth-order valence-corrected chi connectivity index (χ4v) is 1.83. The molecule has 2 heterocycles. The van der Waals surface area contributed by atoms with Crippen LogP contribution in [0.5, 0.6) is 0 Å². The second-order valence-corrected chi connectivity index (χ2v) is 3.65. The fraction of sp³-hybridized carbons (Fsp3) is 0.500. The van der Waals surface area contributed by atoms with E-state index in [0.717, 1.165) is 0 Å². The van der Waals surface area contributed by atoms with Gasteiger partial charge < -0.3 is 4.74 Å². The molecule has 2 nitrogen and oxygen atoms in total. The SMILES string of the molecule is Fc1nc(F)c(F)c(C2CCCOC2)c1F. The summed E-state index contributed by atoms with van der Waals surface area (Å²) >= 11 is 0. The Morgan fingerprint density at radius 1 is 1.06 bits per heavy atom. The molecule has 0 saturated carbocycles. The van der Waals surface area contributed by atoms with Crippen molar-refractivity contribution in [3.63, 3.8) is 0 Å². The Hall–Kier alpha value is -1.17. The lowest BCUT2D eigenvalue weighted by molar-refractivity contribution is 0.0776. The monoisotopic (exact) mass is 235 g/mol. The van der Waals surface area contributed by atoms with Gasteiger partial charge in [-0.05, 0) is 12.8 Å². The van der Waals surface area contributed by atoms with E-state index in [-0.39, 0.29) is 6.61 Å². The van der Waals surface area contributed by atoms with Crippen LogP contribution in [0.3, 0.4) is 0 Å². The molecule has 2 rings (SSSR count). The van der Waals surface area contributed by atoms with Crippen molar-refractivity contribution in [3.05, 3.63) is 29.1 Å². The molecule has 16 heavy (non-hydrogen) atoms. The Bertz CT molecular complexity index is 378. The number of aromatic nitrogens is 1. The summed E-state index contributed by atoms with van der Waals surface area (Å²) in [6.45, 7) is 0.562. The summed E-state index contributed by atoms with van der Waals surface area (Å²) < 4.78 is 57.4. The minimum atomic E-state index is -1.61. The number of hydrogen-bond acceptors (Lipinski definition) is 2. The summed E-state index contributed by atoms with van der Waals surface area (Å²) in [7, 11) is 0. The molecule has 0 spiro atoms. The van der Waals surface area contributed by atoms with Crippen molar-refractivity contribution in [2.45, 2.75) is 18.8 Å². The van der Waals surface area contributed by atoms with Crippen molar-refractivity contribution in [1.29, 1.82) is 0 Å². The van der Waals surface area contributed by atoms with Gasteiger partial charge in [0, 0.05) is 18.1 Å². The second kappa shape index (κ2) is 4.37. The number of halogens is 4. The largest absolute Gasteiger partial charge is 0.381 e. The molecular formula is C10H9F4NO. The highest BCUT2D eigenvalue weighted by Gasteiger charge is 2.28. The van der Waals surface area contributed by atoms with Gasteiger partial charge in [-0.25, -0.2) is 8.78 Å². The number of hydrogen-bond donors (Lipinski definition) is 0. The molecule has 1 aliphatic rings. The summed E-state index contributed by atoms with van der Waals surface area (Å²) in [5.41, 5.74) is -0.593. The molecule has 1 atom stereocenters. The number of rotatable bonds is 1. The first-order chi connectivity index (χ1) is 7.61. The van der Waals surface area contributed by atoms with Crippen LogP contribution in [-0.4, -0.2) is 18.2 Å². The van der Waals surface area contributed by atoms with Crippen molar-refractivity contribution in [3.8, 4) is 0 Å². The maximum atomic E-state index is 13.3. The quantitative estimate of drug-likeness (QED) is 0.551. The van der Waals surface area contributed by atoms with E-state index >= 15 is 0 Å². The van der Waals surface area contributed by atoms with E-state index < -0.39 is 35.0 Å². The van der Waals surface area contributed by atoms with Gasteiger partial charge in [0.1, 0.15) is 0 Å². The third kappa shape index (κ3) is 1.89. The van der Waals surface area contributed by atoms with Gasteiger partial charge in [0.25, 0.3) is 11.9 Å². The van der Waals surface area contributed by atoms with Gasteiger partial charge in [-0.2, -0.15) is 13.8 Å². The average Bonchev–Trinajstić information content (AvgIpc) is 2.28. The molecule has 0 radical (unpaired) electrons. The Balaban J connectivity index is 2.45. The predicted molar refractivity (Wildman–Crippen MR) is 46.9 cm³/mol. The van der Waals surface area contributed by atoms with Crippen molar-refractivity contribution >= 4 is 0 Å². The molecule has 1 aromatic heterocycles. The van der Waals surface area contributed by atoms with Crippen LogP contribution in [0.15, 0.2) is 0 Å². The molecule has 1 aliphatic heterocycles. The van der Waals surface area contributed by atoms with Crippen molar-refractivity contribution in [1.82, 2.24) is 4.98 Å². The normalized spacial score (nSPS) is 21.1. The maximum absolute atomic E-state index is 13.3. The average molecular weight is 235 g/mol. The van der Waals surface area contributed by atoms with E-state index in [1.54, 1.807) is 0 Å². The van der Waals surface area contributed by atoms with Crippen molar-refractivity contribution < 1.29 is 22.3 Å². The van der Waals surface area contributed by atoms with E-state index in [4.69, 9.17) is 4.74 Å². The van der Waals surface area contributed by atoms with Crippen LogP contribution in [0.2, 0.25) is 0 Å². The number of nitrogens with zero attached hydrogens (tertiary/aromatic N) is 1. The first-order valence-electron chi connectivity index (χ1n) is 4.89. The van der Waals surface area contributed by atoms with Crippen LogP contribution >= 0.6 is 0 Å². The molecular weight excluding hydrogens is 226 g/mol. The summed E-state index contributed by atoms with van der Waals surface area (Å²) in [5, 5.41) is 0. The predicted octanol–water partition coefficient (Wildman–Crippen LogP) is 2.53. The summed E-state index contributed by atoms with van der Waals surface area (Å²) in [6.07, 6.45) is 1.05. The lowest BCUT2D eigenvalue weighted by atomic mass is 9.93. The van der Waals surface area contributed by atoms with Gasteiger partial charge in [0.15, 0.2) is 11.6 Å². The van der Waals surface area contributed by atoms with E-state index in [1.165, 1.54) is 0 Å². The maximum Gasteiger partial charge on any atom is 0.252 e. The standard InChI is InChI=1S/C10H9F4NO/c11-7-6(5-2-1-3-16-4-5)8(12)10(14)15-9(7)13/h5H,1-4H2. The zero-order valence-corrected chi connectivity index (χ0v) is 8.27. The third-order valence-electron chi connectivity index (χ3n) is 2.60. The highest BCUT2D eigenvalue weighted by molar-refractivity contribution is 5.22. The molecule has 0 aromatic carbocycles. The highest BCUT2D eigenvalue weighted by atomic mass is 19.2. The molecule has 6 heteroatoms. The van der Waals surface area contributed by atoms with Crippen LogP contribution in [-0.2, 0) is 4.74 Å². The summed E-state index contributed by atoms with van der Waals surface area (Å²) in [6, 6.07) is 0. The van der Waals surface area contributed by atoms with Gasteiger partial charge in [0.2, 0.25) is 0 Å². The number of pyridine rings is 1. The first kappa shape index (κ1) is 11.3. The van der Waals surface area contributed by atoms with Gasteiger partial charge in [0.05, 0.1) is 6.61 Å². The van der Waals surface area contributed by atoms with Crippen LogP contribution in [0, 0.1) is 23.5 Å². The van der Waals surface area contributed by atoms with E-state index in [2.05, 4.69) is 4.98 Å². The van der Waals surface area contributed by atoms with E-state index in [1.807, 2.05) is 0 Å². The summed E-state index contributed by atoms with van der Waals surface area (Å²) in [5.74, 6) is -6.72. The fourth-order valence-electron chi connectivity index (χ4n) is 1.83. The van der Waals surface area contributed by atoms with Crippen LogP contribution in [0.1, 0.15) is 24.3 Å². The van der Waals surface area contributed by atoms with Gasteiger partial charge in [-0.1, -0.05) is 0 Å². The van der Waals surface area contributed by atoms with Crippen LogP contribution in [0.4, 0.5) is 17.6 Å². The van der Waals surface area contributed by atoms with Gasteiger partial charge in [-0.15, -0.1) is 0 Å². The van der Waals surface area contributed by atoms with Gasteiger partial charge >= 0.3 is 0 Å². The molecule has 1 fully saturated rings. The molecule has 0 aliphatic carbocycles. The zero-order chi connectivity index (χ0) is 11.7. The minimum Gasteiger partial charge on any atom is -0.381 e. The lowest BCUT2D eigenvalue weighted by Gasteiger charge is -2.23. The van der Waals surface area contributed by atoms with E-state index in [9.17, 15) is 17.6 Å². The Morgan fingerprint density at radius 2 is 1.69 bits per heavy atom. The zero-order valence-electron chi connectivity index (χ0n) is 8.27. The topological polar surface area (TPSA) is 22.1 Å². The third-order valence-corrected chi connectivity index (χ3v) is 2.60. The van der Waals surface area contributed by atoms with Crippen LogP contribution in [0.25, 0.3) is 0 Å². The number of ether oxygens (including phenoxy) is 1. The molecule has 1 unspecified atom stereocenters.